The van der Waals surface area contributed by atoms with Crippen LogP contribution in [0, 0.1) is 10.5 Å². The minimum Gasteiger partial charge on any atom is -0.493 e. The Hall–Kier alpha value is -2.42. The Labute approximate surface area is 242 Å². The maximum Gasteiger partial charge on any atom is 0.250 e. The van der Waals surface area contributed by atoms with E-state index < -0.39 is 0 Å². The van der Waals surface area contributed by atoms with Crippen molar-refractivity contribution in [3.05, 3.63) is 48.5 Å². The van der Waals surface area contributed by atoms with Gasteiger partial charge in [-0.05, 0) is 87.8 Å². The molecule has 2 heterocycles. The molecule has 2 aromatic carbocycles. The molecule has 0 unspecified atom stereocenters. The molecule has 1 aliphatic heterocycles. The molecular weight excluding hydrogens is 677 g/mol. The van der Waals surface area contributed by atoms with Gasteiger partial charge in [-0.15, -0.1) is 0 Å². The zero-order valence-electron chi connectivity index (χ0n) is 20.5. The summed E-state index contributed by atoms with van der Waals surface area (Å²) in [6.45, 7) is 6.99. The van der Waals surface area contributed by atoms with Crippen molar-refractivity contribution in [3.8, 4) is 11.5 Å². The number of benzene rings is 2. The second-order valence-corrected chi connectivity index (χ2v) is 10.3. The lowest BCUT2D eigenvalue weighted by Crippen LogP contribution is -2.37. The van der Waals surface area contributed by atoms with Gasteiger partial charge in [-0.3, -0.25) is 0 Å². The second kappa shape index (κ2) is 12.9. The van der Waals surface area contributed by atoms with Crippen LogP contribution in [0.5, 0.6) is 11.5 Å². The highest BCUT2D eigenvalue weighted by Crippen LogP contribution is 2.34. The van der Waals surface area contributed by atoms with Gasteiger partial charge in [0, 0.05) is 22.6 Å². The number of nitrogens with one attached hydrogen (secondary N) is 2. The molecule has 4 rings (SSSR count). The van der Waals surface area contributed by atoms with Crippen LogP contribution in [0.4, 0.5) is 23.5 Å². The van der Waals surface area contributed by atoms with Gasteiger partial charge in [-0.1, -0.05) is 11.6 Å². The van der Waals surface area contributed by atoms with E-state index in [1.165, 1.54) is 0 Å². The number of aromatic nitrogens is 3. The molecule has 196 valence electrons. The first-order valence-corrected chi connectivity index (χ1v) is 13.7. The molecule has 0 amide bonds. The zero-order chi connectivity index (χ0) is 26.4. The van der Waals surface area contributed by atoms with Crippen molar-refractivity contribution >= 4 is 79.9 Å². The lowest BCUT2D eigenvalue weighted by Gasteiger charge is -2.27. The van der Waals surface area contributed by atoms with E-state index >= 15 is 0 Å². The quantitative estimate of drug-likeness (QED) is 0.167. The molecule has 2 N–H and O–H groups in total. The third kappa shape index (κ3) is 7.12. The van der Waals surface area contributed by atoms with Gasteiger partial charge in [-0.2, -0.15) is 20.1 Å². The standard InChI is InChI=1S/C24H26BrClIN7O3/c1-4-37-21-18(27)10-15(11-20(21)35-3)13-28-33-23-30-22(29-19-12-17(26)14(2)9-16(19)25)31-24(32-23)34-5-7-36-8-6-34/h9-13H,4-8H2,1-3H3,(H2,29,30,31,32,33)/b28-13+. The molecule has 10 nitrogen and oxygen atoms in total. The van der Waals surface area contributed by atoms with E-state index in [9.17, 15) is 0 Å². The first kappa shape index (κ1) is 27.6. The van der Waals surface area contributed by atoms with Gasteiger partial charge in [-0.25, -0.2) is 5.43 Å². The van der Waals surface area contributed by atoms with Gasteiger partial charge in [0.2, 0.25) is 17.8 Å². The van der Waals surface area contributed by atoms with Gasteiger partial charge in [0.1, 0.15) is 0 Å². The molecule has 0 spiro atoms. The van der Waals surface area contributed by atoms with Crippen LogP contribution < -0.4 is 25.1 Å². The molecule has 1 aliphatic rings. The highest BCUT2D eigenvalue weighted by atomic mass is 127. The lowest BCUT2D eigenvalue weighted by molar-refractivity contribution is 0.122. The van der Waals surface area contributed by atoms with E-state index in [0.29, 0.717) is 61.3 Å². The minimum absolute atomic E-state index is 0.289. The molecule has 13 heteroatoms. The fourth-order valence-corrected chi connectivity index (χ4v) is 5.00. The molecule has 3 aromatic rings. The number of aryl methyl sites for hydroxylation is 1. The number of hydrogen-bond acceptors (Lipinski definition) is 10. The predicted molar refractivity (Wildman–Crippen MR) is 158 cm³/mol. The summed E-state index contributed by atoms with van der Waals surface area (Å²) in [5, 5.41) is 8.22. The molecule has 1 fully saturated rings. The van der Waals surface area contributed by atoms with Crippen molar-refractivity contribution in [3.63, 3.8) is 0 Å². The number of morpholine rings is 1. The van der Waals surface area contributed by atoms with Crippen molar-refractivity contribution < 1.29 is 14.2 Å². The number of nitrogens with zero attached hydrogens (tertiary/aromatic N) is 5. The van der Waals surface area contributed by atoms with Gasteiger partial charge in [0.15, 0.2) is 11.5 Å². The highest BCUT2D eigenvalue weighted by Gasteiger charge is 2.17. The van der Waals surface area contributed by atoms with Crippen LogP contribution in [-0.2, 0) is 4.74 Å². The summed E-state index contributed by atoms with van der Waals surface area (Å²) in [6.07, 6.45) is 1.67. The molecule has 0 saturated carbocycles. The van der Waals surface area contributed by atoms with E-state index in [2.05, 4.69) is 69.3 Å². The molecule has 1 aromatic heterocycles. The Bertz CT molecular complexity index is 1290. The molecule has 0 bridgehead atoms. The number of hydrogen-bond donors (Lipinski definition) is 2. The Morgan fingerprint density at radius 2 is 1.95 bits per heavy atom. The highest BCUT2D eigenvalue weighted by molar-refractivity contribution is 14.1. The normalized spacial score (nSPS) is 13.6. The maximum absolute atomic E-state index is 6.34. The summed E-state index contributed by atoms with van der Waals surface area (Å²) in [6, 6.07) is 7.57. The van der Waals surface area contributed by atoms with E-state index in [1.807, 2.05) is 43.0 Å². The largest absolute Gasteiger partial charge is 0.493 e. The van der Waals surface area contributed by atoms with Crippen molar-refractivity contribution in [2.75, 3.05) is 55.7 Å². The number of rotatable bonds is 9. The van der Waals surface area contributed by atoms with E-state index in [4.69, 9.17) is 25.8 Å². The lowest BCUT2D eigenvalue weighted by atomic mass is 10.2. The summed E-state index contributed by atoms with van der Waals surface area (Å²) < 4.78 is 18.4. The molecule has 37 heavy (non-hydrogen) atoms. The molecule has 0 aliphatic carbocycles. The average Bonchev–Trinajstić information content (AvgIpc) is 2.89. The second-order valence-electron chi connectivity index (χ2n) is 7.93. The van der Waals surface area contributed by atoms with Gasteiger partial charge in [0.25, 0.3) is 0 Å². The fourth-order valence-electron chi connectivity index (χ4n) is 3.50. The molecule has 0 atom stereocenters. The van der Waals surface area contributed by atoms with Crippen LogP contribution in [0.15, 0.2) is 33.8 Å². The van der Waals surface area contributed by atoms with Crippen molar-refractivity contribution in [1.29, 1.82) is 0 Å². The summed E-state index contributed by atoms with van der Waals surface area (Å²) in [5.41, 5.74) is 5.45. The smallest absolute Gasteiger partial charge is 0.250 e. The van der Waals surface area contributed by atoms with Crippen LogP contribution in [-0.4, -0.2) is 61.2 Å². The fraction of sp³-hybridized carbons (Fsp3) is 0.333. The number of halogens is 3. The third-order valence-corrected chi connectivity index (χ3v) is 7.20. The van der Waals surface area contributed by atoms with Crippen LogP contribution in [0.1, 0.15) is 18.1 Å². The van der Waals surface area contributed by atoms with Gasteiger partial charge < -0.3 is 24.4 Å². The number of methoxy groups -OCH3 is 1. The summed E-state index contributed by atoms with van der Waals surface area (Å²) in [5.74, 6) is 2.51. The molecule has 1 saturated heterocycles. The topological polar surface area (TPSA) is 106 Å². The number of anilines is 4. The molecular formula is C24H26BrClIN7O3. The van der Waals surface area contributed by atoms with Crippen LogP contribution in [0.3, 0.4) is 0 Å². The SMILES string of the molecule is CCOc1c(I)cc(/C=N/Nc2nc(Nc3cc(Cl)c(C)cc3Br)nc(N3CCOCC3)n2)cc1OC. The van der Waals surface area contributed by atoms with Crippen LogP contribution in [0.2, 0.25) is 5.02 Å². The Kier molecular flexibility index (Phi) is 9.62. The van der Waals surface area contributed by atoms with E-state index in [1.54, 1.807) is 13.3 Å². The van der Waals surface area contributed by atoms with E-state index in [-0.39, 0.29) is 5.95 Å². The van der Waals surface area contributed by atoms with Gasteiger partial charge >= 0.3 is 0 Å². The van der Waals surface area contributed by atoms with E-state index in [0.717, 1.165) is 24.9 Å². The average molecular weight is 703 g/mol. The number of hydrazone groups is 1. The van der Waals surface area contributed by atoms with Crippen LogP contribution in [0.25, 0.3) is 0 Å². The van der Waals surface area contributed by atoms with Crippen LogP contribution >= 0.6 is 50.1 Å². The predicted octanol–water partition coefficient (Wildman–Crippen LogP) is 5.63. The summed E-state index contributed by atoms with van der Waals surface area (Å²) >= 11 is 12.1. The Morgan fingerprint density at radius 1 is 1.19 bits per heavy atom. The maximum atomic E-state index is 6.34. The monoisotopic (exact) mass is 701 g/mol. The van der Waals surface area contributed by atoms with Gasteiger partial charge in [0.05, 0.1) is 42.4 Å². The first-order valence-electron chi connectivity index (χ1n) is 11.5. The Balaban J connectivity index is 1.60. The summed E-state index contributed by atoms with van der Waals surface area (Å²) in [4.78, 5) is 15.8. The van der Waals surface area contributed by atoms with Crippen molar-refractivity contribution in [1.82, 2.24) is 15.0 Å². The van der Waals surface area contributed by atoms with Crippen molar-refractivity contribution in [2.45, 2.75) is 13.8 Å². The minimum atomic E-state index is 0.289. The molecule has 0 radical (unpaired) electrons. The zero-order valence-corrected chi connectivity index (χ0v) is 25.0. The first-order chi connectivity index (χ1) is 17.9. The Morgan fingerprint density at radius 3 is 2.68 bits per heavy atom. The van der Waals surface area contributed by atoms with Crippen molar-refractivity contribution in [2.24, 2.45) is 5.10 Å². The number of ether oxygens (including phenoxy) is 3. The summed E-state index contributed by atoms with van der Waals surface area (Å²) in [7, 11) is 1.61. The third-order valence-electron chi connectivity index (χ3n) is 5.33.